The number of benzene rings is 3. The molecule has 34 heavy (non-hydrogen) atoms. The van der Waals surface area contributed by atoms with Crippen molar-refractivity contribution in [2.45, 2.75) is 24.8 Å². The molecule has 3 aromatic carbocycles. The monoisotopic (exact) mass is 482 g/mol. The minimum Gasteiger partial charge on any atom is -0.497 e. The van der Waals surface area contributed by atoms with E-state index in [1.165, 1.54) is 18.5 Å². The lowest BCUT2D eigenvalue weighted by Gasteiger charge is -2.35. The molecule has 0 saturated carbocycles. The van der Waals surface area contributed by atoms with Crippen LogP contribution in [0.5, 0.6) is 17.2 Å². The third-order valence-electron chi connectivity index (χ3n) is 5.55. The van der Waals surface area contributed by atoms with Gasteiger partial charge in [0.15, 0.2) is 6.10 Å². The zero-order valence-electron chi connectivity index (χ0n) is 19.4. The van der Waals surface area contributed by atoms with Crippen LogP contribution in [0.25, 0.3) is 0 Å². The molecule has 0 aliphatic carbocycles. The summed E-state index contributed by atoms with van der Waals surface area (Å²) < 4.78 is 44.9. The van der Waals surface area contributed by atoms with E-state index in [9.17, 15) is 13.2 Å². The van der Waals surface area contributed by atoms with Crippen LogP contribution >= 0.6 is 0 Å². The quantitative estimate of drug-likeness (QED) is 0.573. The van der Waals surface area contributed by atoms with E-state index in [1.807, 2.05) is 19.9 Å². The van der Waals surface area contributed by atoms with Crippen LogP contribution in [0.2, 0.25) is 0 Å². The second-order valence-electron chi connectivity index (χ2n) is 7.98. The molecule has 4 rings (SSSR count). The smallest absolute Gasteiger partial charge is 0.267 e. The highest BCUT2D eigenvalue weighted by Gasteiger charge is 2.38. The number of aryl methyl sites for hydroxylation is 2. The van der Waals surface area contributed by atoms with Crippen molar-refractivity contribution in [3.05, 3.63) is 71.8 Å². The molecule has 0 aromatic heterocycles. The van der Waals surface area contributed by atoms with Gasteiger partial charge in [0.05, 0.1) is 37.0 Å². The molecule has 0 fully saturated rings. The summed E-state index contributed by atoms with van der Waals surface area (Å²) in [6.07, 6.45) is -1.08. The van der Waals surface area contributed by atoms with Crippen molar-refractivity contribution in [1.29, 1.82) is 0 Å². The fraction of sp³-hybridized carbons (Fsp3) is 0.240. The summed E-state index contributed by atoms with van der Waals surface area (Å²) in [5, 5.41) is 2.78. The predicted octanol–water partition coefficient (Wildman–Crippen LogP) is 3.92. The highest BCUT2D eigenvalue weighted by atomic mass is 32.2. The number of amides is 1. The molecule has 9 heteroatoms. The van der Waals surface area contributed by atoms with E-state index in [1.54, 1.807) is 54.6 Å². The van der Waals surface area contributed by atoms with Crippen molar-refractivity contribution in [3.63, 3.8) is 0 Å². The molecular formula is C25H26N2O6S. The van der Waals surface area contributed by atoms with E-state index in [2.05, 4.69) is 5.32 Å². The van der Waals surface area contributed by atoms with Crippen molar-refractivity contribution in [3.8, 4) is 17.2 Å². The summed E-state index contributed by atoms with van der Waals surface area (Å²) in [7, 11) is -0.923. The Morgan fingerprint density at radius 3 is 2.35 bits per heavy atom. The number of hydrogen-bond donors (Lipinski definition) is 1. The van der Waals surface area contributed by atoms with Gasteiger partial charge in [0.25, 0.3) is 15.9 Å². The summed E-state index contributed by atoms with van der Waals surface area (Å²) in [6, 6.07) is 16.8. The number of rotatable bonds is 6. The number of carbonyl (C=O) groups is 1. The average Bonchev–Trinajstić information content (AvgIpc) is 2.83. The molecule has 0 bridgehead atoms. The SMILES string of the molecule is COc1ccc(NC(=O)[C@@H]2CN(S(=O)(=O)c3ccc(C)cc3)c3cc(C)ccc3O2)c(OC)c1. The van der Waals surface area contributed by atoms with Gasteiger partial charge in [0.2, 0.25) is 0 Å². The number of nitrogens with one attached hydrogen (secondary N) is 1. The van der Waals surface area contributed by atoms with Gasteiger partial charge in [-0.1, -0.05) is 23.8 Å². The van der Waals surface area contributed by atoms with E-state index < -0.39 is 22.0 Å². The standard InChI is InChI=1S/C25H26N2O6S/c1-16-5-9-19(10-6-16)34(29,30)27-15-24(33-22-12-7-17(2)13-21(22)27)25(28)26-20-11-8-18(31-3)14-23(20)32-4/h5-14,24H,15H2,1-4H3,(H,26,28)/t24-/m0/s1. The fourth-order valence-electron chi connectivity index (χ4n) is 3.68. The largest absolute Gasteiger partial charge is 0.497 e. The fourth-order valence-corrected chi connectivity index (χ4v) is 5.15. The first kappa shape index (κ1) is 23.4. The van der Waals surface area contributed by atoms with Crippen LogP contribution in [0, 0.1) is 13.8 Å². The zero-order valence-corrected chi connectivity index (χ0v) is 20.2. The van der Waals surface area contributed by atoms with Crippen LogP contribution in [0.4, 0.5) is 11.4 Å². The molecule has 1 heterocycles. The molecule has 0 spiro atoms. The third kappa shape index (κ3) is 4.51. The second kappa shape index (κ2) is 9.26. The van der Waals surface area contributed by atoms with E-state index in [4.69, 9.17) is 14.2 Å². The lowest BCUT2D eigenvalue weighted by molar-refractivity contribution is -0.122. The number of carbonyl (C=O) groups excluding carboxylic acids is 1. The van der Waals surface area contributed by atoms with E-state index in [0.29, 0.717) is 28.6 Å². The van der Waals surface area contributed by atoms with Gasteiger partial charge >= 0.3 is 0 Å². The molecule has 1 aliphatic rings. The van der Waals surface area contributed by atoms with Crippen LogP contribution in [0.3, 0.4) is 0 Å². The number of methoxy groups -OCH3 is 2. The minimum absolute atomic E-state index is 0.142. The van der Waals surface area contributed by atoms with Crippen LogP contribution in [-0.2, 0) is 14.8 Å². The van der Waals surface area contributed by atoms with Crippen molar-refractivity contribution < 1.29 is 27.4 Å². The molecule has 0 radical (unpaired) electrons. The molecule has 3 aromatic rings. The van der Waals surface area contributed by atoms with E-state index in [-0.39, 0.29) is 11.4 Å². The second-order valence-corrected chi connectivity index (χ2v) is 9.84. The molecule has 1 aliphatic heterocycles. The van der Waals surface area contributed by atoms with Gasteiger partial charge in [-0.2, -0.15) is 0 Å². The Labute approximate surface area is 199 Å². The molecule has 178 valence electrons. The lowest BCUT2D eigenvalue weighted by Crippen LogP contribution is -2.48. The van der Waals surface area contributed by atoms with Crippen molar-refractivity contribution in [2.24, 2.45) is 0 Å². The van der Waals surface area contributed by atoms with Gasteiger partial charge in [-0.25, -0.2) is 8.42 Å². The summed E-state index contributed by atoms with van der Waals surface area (Å²) in [5.41, 5.74) is 2.63. The Kier molecular flexibility index (Phi) is 6.39. The minimum atomic E-state index is -3.94. The average molecular weight is 483 g/mol. The van der Waals surface area contributed by atoms with Gasteiger partial charge < -0.3 is 19.5 Å². The zero-order chi connectivity index (χ0) is 24.5. The molecular weight excluding hydrogens is 456 g/mol. The number of fused-ring (bicyclic) bond motifs is 1. The Morgan fingerprint density at radius 1 is 0.971 bits per heavy atom. The molecule has 1 N–H and O–H groups in total. The van der Waals surface area contributed by atoms with E-state index in [0.717, 1.165) is 11.1 Å². The van der Waals surface area contributed by atoms with Crippen molar-refractivity contribution in [2.75, 3.05) is 30.4 Å². The highest BCUT2D eigenvalue weighted by Crippen LogP contribution is 2.38. The van der Waals surface area contributed by atoms with Crippen LogP contribution in [0.1, 0.15) is 11.1 Å². The molecule has 1 atom stereocenters. The molecule has 1 amide bonds. The molecule has 0 unspecified atom stereocenters. The number of sulfonamides is 1. The van der Waals surface area contributed by atoms with Gasteiger partial charge in [-0.05, 0) is 55.8 Å². The van der Waals surface area contributed by atoms with Gasteiger partial charge in [0, 0.05) is 6.07 Å². The summed E-state index contributed by atoms with van der Waals surface area (Å²) in [6.45, 7) is 3.57. The Balaban J connectivity index is 1.68. The maximum Gasteiger partial charge on any atom is 0.267 e. The third-order valence-corrected chi connectivity index (χ3v) is 7.35. The van der Waals surface area contributed by atoms with Crippen molar-refractivity contribution >= 4 is 27.3 Å². The van der Waals surface area contributed by atoms with Crippen LogP contribution in [-0.4, -0.2) is 41.2 Å². The lowest BCUT2D eigenvalue weighted by atomic mass is 10.1. The van der Waals surface area contributed by atoms with Gasteiger partial charge in [0.1, 0.15) is 17.2 Å². The number of anilines is 2. The van der Waals surface area contributed by atoms with Crippen LogP contribution < -0.4 is 23.8 Å². The molecule has 8 nitrogen and oxygen atoms in total. The number of ether oxygens (including phenoxy) is 3. The summed E-state index contributed by atoms with van der Waals surface area (Å²) >= 11 is 0. The predicted molar refractivity (Wildman–Crippen MR) is 129 cm³/mol. The number of nitrogens with zero attached hydrogens (tertiary/aromatic N) is 1. The summed E-state index contributed by atoms with van der Waals surface area (Å²) in [5.74, 6) is 0.792. The number of hydrogen-bond acceptors (Lipinski definition) is 6. The first-order valence-electron chi connectivity index (χ1n) is 10.6. The van der Waals surface area contributed by atoms with Gasteiger partial charge in [-0.3, -0.25) is 9.10 Å². The van der Waals surface area contributed by atoms with Crippen molar-refractivity contribution in [1.82, 2.24) is 0 Å². The Morgan fingerprint density at radius 2 is 1.68 bits per heavy atom. The summed E-state index contributed by atoms with van der Waals surface area (Å²) in [4.78, 5) is 13.3. The first-order chi connectivity index (χ1) is 16.2. The normalized spacial score (nSPS) is 15.2. The van der Waals surface area contributed by atoms with E-state index >= 15 is 0 Å². The highest BCUT2D eigenvalue weighted by molar-refractivity contribution is 7.92. The Bertz CT molecular complexity index is 1320. The Hall–Kier alpha value is -3.72. The first-order valence-corrected chi connectivity index (χ1v) is 12.1. The maximum atomic E-state index is 13.6. The maximum absolute atomic E-state index is 13.6. The van der Waals surface area contributed by atoms with Gasteiger partial charge in [-0.15, -0.1) is 0 Å². The topological polar surface area (TPSA) is 94.2 Å². The molecule has 0 saturated heterocycles. The van der Waals surface area contributed by atoms with Crippen LogP contribution in [0.15, 0.2) is 65.6 Å².